The monoisotopic (exact) mass is 309 g/mol. The minimum Gasteiger partial charge on any atom is -0.457 e. The number of rotatable bonds is 4. The summed E-state index contributed by atoms with van der Waals surface area (Å²) in [6.45, 7) is -0.206. The van der Waals surface area contributed by atoms with Gasteiger partial charge in [-0.3, -0.25) is 0 Å². The highest BCUT2D eigenvalue weighted by molar-refractivity contribution is 7.89. The lowest BCUT2D eigenvalue weighted by molar-refractivity contribution is 0.0469. The number of ether oxygens (including phenoxy) is 1. The van der Waals surface area contributed by atoms with E-state index in [-0.39, 0.29) is 22.6 Å². The van der Waals surface area contributed by atoms with Gasteiger partial charge in [0, 0.05) is 5.56 Å². The first-order valence-electron chi connectivity index (χ1n) is 5.91. The van der Waals surface area contributed by atoms with Gasteiger partial charge in [-0.25, -0.2) is 22.7 Å². The maximum atomic E-state index is 13.4. The van der Waals surface area contributed by atoms with E-state index in [9.17, 15) is 17.6 Å². The van der Waals surface area contributed by atoms with Crippen molar-refractivity contribution >= 4 is 16.0 Å². The third-order valence-corrected chi connectivity index (χ3v) is 3.66. The fourth-order valence-corrected chi connectivity index (χ4v) is 2.14. The zero-order valence-corrected chi connectivity index (χ0v) is 11.6. The molecular formula is C14H12FNO4S. The van der Waals surface area contributed by atoms with E-state index in [1.54, 1.807) is 6.07 Å². The predicted octanol–water partition coefficient (Wildman–Crippen LogP) is 1.83. The van der Waals surface area contributed by atoms with Gasteiger partial charge >= 0.3 is 5.97 Å². The molecular weight excluding hydrogens is 297 g/mol. The van der Waals surface area contributed by atoms with Crippen LogP contribution in [0.4, 0.5) is 4.39 Å². The van der Waals surface area contributed by atoms with Crippen LogP contribution in [0.3, 0.4) is 0 Å². The van der Waals surface area contributed by atoms with Crippen molar-refractivity contribution in [2.75, 3.05) is 0 Å². The van der Waals surface area contributed by atoms with Gasteiger partial charge in [0.15, 0.2) is 0 Å². The molecule has 0 saturated heterocycles. The SMILES string of the molecule is NS(=O)(=O)c1ccc(C(=O)OCc2ccccc2F)cc1. The molecule has 0 heterocycles. The largest absolute Gasteiger partial charge is 0.457 e. The van der Waals surface area contributed by atoms with Gasteiger partial charge in [0.25, 0.3) is 0 Å². The lowest BCUT2D eigenvalue weighted by Gasteiger charge is -2.06. The first kappa shape index (κ1) is 15.1. The van der Waals surface area contributed by atoms with Crippen LogP contribution in [-0.2, 0) is 21.4 Å². The van der Waals surface area contributed by atoms with E-state index < -0.39 is 21.8 Å². The molecule has 0 spiro atoms. The van der Waals surface area contributed by atoms with Crippen molar-refractivity contribution in [1.82, 2.24) is 0 Å². The third kappa shape index (κ3) is 3.87. The number of hydrogen-bond acceptors (Lipinski definition) is 4. The Balaban J connectivity index is 2.06. The molecule has 5 nitrogen and oxygen atoms in total. The molecule has 2 N–H and O–H groups in total. The zero-order valence-electron chi connectivity index (χ0n) is 10.8. The van der Waals surface area contributed by atoms with Gasteiger partial charge in [0.05, 0.1) is 10.5 Å². The number of primary sulfonamides is 1. The van der Waals surface area contributed by atoms with Gasteiger partial charge in [-0.05, 0) is 30.3 Å². The van der Waals surface area contributed by atoms with Crippen LogP contribution in [0.2, 0.25) is 0 Å². The summed E-state index contributed by atoms with van der Waals surface area (Å²) in [6, 6.07) is 10.9. The molecule has 0 aliphatic rings. The number of benzene rings is 2. The summed E-state index contributed by atoms with van der Waals surface area (Å²) < 4.78 is 40.5. The maximum absolute atomic E-state index is 13.4. The minimum absolute atomic E-state index is 0.104. The summed E-state index contributed by atoms with van der Waals surface area (Å²) in [6.07, 6.45) is 0. The molecule has 0 aliphatic carbocycles. The number of sulfonamides is 1. The second kappa shape index (κ2) is 6.02. The second-order valence-electron chi connectivity index (χ2n) is 4.24. The molecule has 0 atom stereocenters. The van der Waals surface area contributed by atoms with Crippen molar-refractivity contribution in [3.05, 3.63) is 65.5 Å². The molecule has 0 unspecified atom stereocenters. The maximum Gasteiger partial charge on any atom is 0.338 e. The molecule has 2 aromatic carbocycles. The van der Waals surface area contributed by atoms with Crippen LogP contribution < -0.4 is 5.14 Å². The lowest BCUT2D eigenvalue weighted by atomic mass is 10.2. The molecule has 110 valence electrons. The van der Waals surface area contributed by atoms with Gasteiger partial charge in [0.1, 0.15) is 12.4 Å². The summed E-state index contributed by atoms with van der Waals surface area (Å²) in [5, 5.41) is 4.95. The Labute approximate surface area is 121 Å². The van der Waals surface area contributed by atoms with E-state index in [1.807, 2.05) is 0 Å². The standard InChI is InChI=1S/C14H12FNO4S/c15-13-4-2-1-3-11(13)9-20-14(17)10-5-7-12(8-6-10)21(16,18)19/h1-8H,9H2,(H2,16,18,19). The Morgan fingerprint density at radius 3 is 2.29 bits per heavy atom. The summed E-state index contributed by atoms with van der Waals surface area (Å²) in [7, 11) is -3.81. The fourth-order valence-electron chi connectivity index (χ4n) is 1.62. The van der Waals surface area contributed by atoms with Gasteiger partial charge in [-0.1, -0.05) is 18.2 Å². The van der Waals surface area contributed by atoms with Gasteiger partial charge in [0.2, 0.25) is 10.0 Å². The van der Waals surface area contributed by atoms with E-state index in [0.29, 0.717) is 0 Å². The van der Waals surface area contributed by atoms with Crippen molar-refractivity contribution in [2.45, 2.75) is 11.5 Å². The normalized spacial score (nSPS) is 11.1. The summed E-state index contributed by atoms with van der Waals surface area (Å²) >= 11 is 0. The van der Waals surface area contributed by atoms with Crippen molar-refractivity contribution in [3.63, 3.8) is 0 Å². The molecule has 0 radical (unpaired) electrons. The molecule has 0 bridgehead atoms. The van der Waals surface area contributed by atoms with E-state index in [4.69, 9.17) is 9.88 Å². The number of hydrogen-bond donors (Lipinski definition) is 1. The molecule has 21 heavy (non-hydrogen) atoms. The van der Waals surface area contributed by atoms with E-state index in [2.05, 4.69) is 0 Å². The molecule has 0 aromatic heterocycles. The quantitative estimate of drug-likeness (QED) is 0.873. The minimum atomic E-state index is -3.81. The summed E-state index contributed by atoms with van der Waals surface area (Å²) in [4.78, 5) is 11.7. The molecule has 0 aliphatic heterocycles. The van der Waals surface area contributed by atoms with Crippen LogP contribution >= 0.6 is 0 Å². The van der Waals surface area contributed by atoms with Crippen molar-refractivity contribution in [1.29, 1.82) is 0 Å². The average Bonchev–Trinajstić information content (AvgIpc) is 2.45. The topological polar surface area (TPSA) is 86.5 Å². The third-order valence-electron chi connectivity index (χ3n) is 2.74. The number of carbonyl (C=O) groups is 1. The Morgan fingerprint density at radius 2 is 1.71 bits per heavy atom. The van der Waals surface area contributed by atoms with E-state index in [0.717, 1.165) is 0 Å². The highest BCUT2D eigenvalue weighted by atomic mass is 32.2. The van der Waals surface area contributed by atoms with Gasteiger partial charge < -0.3 is 4.74 Å². The molecule has 7 heteroatoms. The van der Waals surface area contributed by atoms with Crippen LogP contribution in [0.25, 0.3) is 0 Å². The van der Waals surface area contributed by atoms with Crippen molar-refractivity contribution in [3.8, 4) is 0 Å². The van der Waals surface area contributed by atoms with Crippen molar-refractivity contribution < 1.29 is 22.3 Å². The van der Waals surface area contributed by atoms with Gasteiger partial charge in [-0.15, -0.1) is 0 Å². The molecule has 0 saturated carbocycles. The molecule has 2 rings (SSSR count). The highest BCUT2D eigenvalue weighted by Crippen LogP contribution is 2.12. The summed E-state index contributed by atoms with van der Waals surface area (Å²) in [5.74, 6) is -1.14. The van der Waals surface area contributed by atoms with Crippen molar-refractivity contribution in [2.24, 2.45) is 5.14 Å². The smallest absolute Gasteiger partial charge is 0.338 e. The Bertz CT molecular complexity index is 757. The highest BCUT2D eigenvalue weighted by Gasteiger charge is 2.12. The second-order valence-corrected chi connectivity index (χ2v) is 5.80. The van der Waals surface area contributed by atoms with Gasteiger partial charge in [-0.2, -0.15) is 0 Å². The molecule has 2 aromatic rings. The Hall–Kier alpha value is -2.25. The Kier molecular flexibility index (Phi) is 4.35. The number of esters is 1. The first-order chi connectivity index (χ1) is 9.88. The average molecular weight is 309 g/mol. The van der Waals surface area contributed by atoms with E-state index in [1.165, 1.54) is 42.5 Å². The molecule has 0 fully saturated rings. The van der Waals surface area contributed by atoms with Crippen LogP contribution in [0, 0.1) is 5.82 Å². The van der Waals surface area contributed by atoms with Crippen LogP contribution in [0.5, 0.6) is 0 Å². The van der Waals surface area contributed by atoms with Crippen LogP contribution in [-0.4, -0.2) is 14.4 Å². The number of carbonyl (C=O) groups excluding carboxylic acids is 1. The van der Waals surface area contributed by atoms with E-state index >= 15 is 0 Å². The van der Waals surface area contributed by atoms with Crippen LogP contribution in [0.1, 0.15) is 15.9 Å². The van der Waals surface area contributed by atoms with Crippen LogP contribution in [0.15, 0.2) is 53.4 Å². The fraction of sp³-hybridized carbons (Fsp3) is 0.0714. The molecule has 0 amide bonds. The lowest BCUT2D eigenvalue weighted by Crippen LogP contribution is -2.12. The zero-order chi connectivity index (χ0) is 15.5. The number of halogens is 1. The number of nitrogens with two attached hydrogens (primary N) is 1. The summed E-state index contributed by atoms with van der Waals surface area (Å²) in [5.41, 5.74) is 0.408. The predicted molar refractivity (Wildman–Crippen MR) is 73.3 cm³/mol. The Morgan fingerprint density at radius 1 is 1.10 bits per heavy atom. The first-order valence-corrected chi connectivity index (χ1v) is 7.46.